The summed E-state index contributed by atoms with van der Waals surface area (Å²) in [6.07, 6.45) is 1.50. The van der Waals surface area contributed by atoms with Gasteiger partial charge in [0.15, 0.2) is 5.76 Å². The van der Waals surface area contributed by atoms with Crippen LogP contribution in [0.3, 0.4) is 0 Å². The van der Waals surface area contributed by atoms with Crippen molar-refractivity contribution in [3.8, 4) is 0 Å². The fourth-order valence-electron chi connectivity index (χ4n) is 3.44. The summed E-state index contributed by atoms with van der Waals surface area (Å²) in [5.74, 6) is 1.03. The summed E-state index contributed by atoms with van der Waals surface area (Å²) >= 11 is 0. The van der Waals surface area contributed by atoms with Crippen molar-refractivity contribution in [2.75, 3.05) is 46.4 Å². The number of aryl methyl sites for hydroxylation is 1. The first-order chi connectivity index (χ1) is 11.1. The largest absolute Gasteiger partial charge is 0.368 e. The number of amides is 1. The maximum Gasteiger partial charge on any atom is 0.254 e. The lowest BCUT2D eigenvalue weighted by molar-refractivity contribution is -0.160. The first-order valence-corrected chi connectivity index (χ1v) is 8.33. The highest BCUT2D eigenvalue weighted by Crippen LogP contribution is 2.26. The van der Waals surface area contributed by atoms with Gasteiger partial charge in [0, 0.05) is 39.4 Å². The highest BCUT2D eigenvalue weighted by Gasteiger charge is 2.42. The molecule has 0 aliphatic carbocycles. The molecular weight excluding hydrogens is 367 g/mol. The molecule has 2 saturated heterocycles. The van der Waals surface area contributed by atoms with Crippen LogP contribution in [0.5, 0.6) is 0 Å². The van der Waals surface area contributed by atoms with Gasteiger partial charge < -0.3 is 19.5 Å². The number of nitrogens with zero attached hydrogens (tertiary/aromatic N) is 3. The lowest BCUT2D eigenvalue weighted by Crippen LogP contribution is -2.59. The minimum Gasteiger partial charge on any atom is -0.368 e. The van der Waals surface area contributed by atoms with Crippen LogP contribution in [-0.4, -0.2) is 72.8 Å². The van der Waals surface area contributed by atoms with Crippen LogP contribution in [-0.2, 0) is 16.1 Å². The molecule has 1 N–H and O–H groups in total. The Balaban J connectivity index is 0.00000156. The molecule has 1 aromatic heterocycles. The van der Waals surface area contributed by atoms with Crippen molar-refractivity contribution in [1.29, 1.82) is 0 Å². The van der Waals surface area contributed by atoms with Gasteiger partial charge in [-0.3, -0.25) is 9.69 Å². The van der Waals surface area contributed by atoms with Crippen LogP contribution in [0.2, 0.25) is 0 Å². The Hall–Kier alpha value is -0.860. The molecule has 2 aliphatic heterocycles. The van der Waals surface area contributed by atoms with Crippen molar-refractivity contribution < 1.29 is 14.1 Å². The van der Waals surface area contributed by atoms with E-state index >= 15 is 0 Å². The highest BCUT2D eigenvalue weighted by molar-refractivity contribution is 5.86. The Labute approximate surface area is 161 Å². The molecule has 0 saturated carbocycles. The van der Waals surface area contributed by atoms with Crippen molar-refractivity contribution in [1.82, 2.24) is 20.3 Å². The van der Waals surface area contributed by atoms with E-state index in [-0.39, 0.29) is 30.7 Å². The number of hydrogen-bond acceptors (Lipinski definition) is 6. The molecule has 1 amide bonds. The number of piperazine rings is 1. The number of hydrogen-bond donors (Lipinski definition) is 1. The van der Waals surface area contributed by atoms with Crippen LogP contribution in [0.15, 0.2) is 10.6 Å². The smallest absolute Gasteiger partial charge is 0.254 e. The third kappa shape index (κ3) is 5.08. The quantitative estimate of drug-likeness (QED) is 0.827. The van der Waals surface area contributed by atoms with Gasteiger partial charge in [-0.05, 0) is 32.9 Å². The van der Waals surface area contributed by atoms with Gasteiger partial charge in [0.1, 0.15) is 5.60 Å². The normalized spacial score (nSPS) is 20.5. The average molecular weight is 395 g/mol. The number of nitrogens with one attached hydrogen (secondary N) is 1. The van der Waals surface area contributed by atoms with Gasteiger partial charge in [0.05, 0.1) is 12.2 Å². The van der Waals surface area contributed by atoms with E-state index in [4.69, 9.17) is 9.26 Å². The second-order valence-electron chi connectivity index (χ2n) is 6.45. The fourth-order valence-corrected chi connectivity index (χ4v) is 3.44. The minimum absolute atomic E-state index is 0. The Morgan fingerprint density at radius 2 is 1.92 bits per heavy atom. The van der Waals surface area contributed by atoms with Crippen LogP contribution in [0, 0.1) is 6.92 Å². The van der Waals surface area contributed by atoms with E-state index in [1.165, 1.54) is 0 Å². The Kier molecular flexibility index (Phi) is 8.63. The molecule has 144 valence electrons. The van der Waals surface area contributed by atoms with Gasteiger partial charge in [-0.1, -0.05) is 5.16 Å². The molecule has 0 spiro atoms. The van der Waals surface area contributed by atoms with E-state index in [2.05, 4.69) is 15.4 Å². The molecule has 9 heteroatoms. The van der Waals surface area contributed by atoms with E-state index in [1.807, 2.05) is 17.9 Å². The number of methoxy groups -OCH3 is 1. The summed E-state index contributed by atoms with van der Waals surface area (Å²) in [4.78, 5) is 17.2. The van der Waals surface area contributed by atoms with Gasteiger partial charge in [-0.25, -0.2) is 0 Å². The van der Waals surface area contributed by atoms with Gasteiger partial charge in [0.25, 0.3) is 5.91 Å². The van der Waals surface area contributed by atoms with Crippen LogP contribution in [0.25, 0.3) is 0 Å². The van der Waals surface area contributed by atoms with E-state index in [9.17, 15) is 4.79 Å². The monoisotopic (exact) mass is 394 g/mol. The third-order valence-corrected chi connectivity index (χ3v) is 4.91. The standard InChI is InChI=1S/C16H26N4O3.2ClH/c1-13-11-14(23-18-13)12-19-7-9-20(10-8-19)15(21)16(22-2)3-5-17-6-4-16;;/h11,17H,3-10,12H2,1-2H3;2*1H. The number of aromatic nitrogens is 1. The van der Waals surface area contributed by atoms with Crippen molar-refractivity contribution in [2.24, 2.45) is 0 Å². The second kappa shape index (κ2) is 9.73. The van der Waals surface area contributed by atoms with E-state index in [1.54, 1.807) is 7.11 Å². The Morgan fingerprint density at radius 3 is 2.44 bits per heavy atom. The predicted molar refractivity (Wildman–Crippen MR) is 99.4 cm³/mol. The summed E-state index contributed by atoms with van der Waals surface area (Å²) in [6, 6.07) is 1.96. The van der Waals surface area contributed by atoms with E-state index in [0.717, 1.165) is 70.1 Å². The topological polar surface area (TPSA) is 70.8 Å². The van der Waals surface area contributed by atoms with Crippen LogP contribution in [0.1, 0.15) is 24.3 Å². The molecule has 0 unspecified atom stereocenters. The van der Waals surface area contributed by atoms with Crippen molar-refractivity contribution in [3.05, 3.63) is 17.5 Å². The van der Waals surface area contributed by atoms with Crippen LogP contribution < -0.4 is 5.32 Å². The summed E-state index contributed by atoms with van der Waals surface area (Å²) in [6.45, 7) is 7.53. The highest BCUT2D eigenvalue weighted by atomic mass is 35.5. The number of rotatable bonds is 4. The molecule has 1 aromatic rings. The molecule has 2 fully saturated rings. The third-order valence-electron chi connectivity index (χ3n) is 4.91. The van der Waals surface area contributed by atoms with Crippen molar-refractivity contribution >= 4 is 30.7 Å². The van der Waals surface area contributed by atoms with E-state index < -0.39 is 5.60 Å². The second-order valence-corrected chi connectivity index (χ2v) is 6.45. The van der Waals surface area contributed by atoms with Gasteiger partial charge in [-0.2, -0.15) is 0 Å². The average Bonchev–Trinajstić information content (AvgIpc) is 3.00. The van der Waals surface area contributed by atoms with Crippen molar-refractivity contribution in [2.45, 2.75) is 31.9 Å². The molecular formula is C16H28Cl2N4O3. The number of ether oxygens (including phenoxy) is 1. The fraction of sp³-hybridized carbons (Fsp3) is 0.750. The maximum absolute atomic E-state index is 12.9. The number of carbonyl (C=O) groups excluding carboxylic acids is 1. The lowest BCUT2D eigenvalue weighted by atomic mass is 9.90. The molecule has 2 aliphatic rings. The Morgan fingerprint density at radius 1 is 1.28 bits per heavy atom. The molecule has 0 aromatic carbocycles. The summed E-state index contributed by atoms with van der Waals surface area (Å²) in [5, 5.41) is 7.21. The molecule has 7 nitrogen and oxygen atoms in total. The van der Waals surface area contributed by atoms with Gasteiger partial charge in [0.2, 0.25) is 0 Å². The number of halogens is 2. The van der Waals surface area contributed by atoms with Crippen LogP contribution >= 0.6 is 24.8 Å². The Bertz CT molecular complexity index is 541. The summed E-state index contributed by atoms with van der Waals surface area (Å²) in [7, 11) is 1.66. The van der Waals surface area contributed by atoms with Crippen molar-refractivity contribution in [3.63, 3.8) is 0 Å². The summed E-state index contributed by atoms with van der Waals surface area (Å²) < 4.78 is 10.9. The first-order valence-electron chi connectivity index (χ1n) is 8.33. The molecule has 0 bridgehead atoms. The van der Waals surface area contributed by atoms with Gasteiger partial charge >= 0.3 is 0 Å². The van der Waals surface area contributed by atoms with E-state index in [0.29, 0.717) is 0 Å². The van der Waals surface area contributed by atoms with Gasteiger partial charge in [-0.15, -0.1) is 24.8 Å². The molecule has 3 heterocycles. The molecule has 3 rings (SSSR count). The zero-order chi connectivity index (χ0) is 16.3. The SMILES string of the molecule is COC1(C(=O)N2CCN(Cc3cc(C)no3)CC2)CCNCC1.Cl.Cl. The molecule has 0 atom stereocenters. The zero-order valence-corrected chi connectivity index (χ0v) is 16.5. The predicted octanol–water partition coefficient (Wildman–Crippen LogP) is 1.24. The lowest BCUT2D eigenvalue weighted by Gasteiger charge is -2.42. The first kappa shape index (κ1) is 22.2. The van der Waals surface area contributed by atoms with Crippen LogP contribution in [0.4, 0.5) is 0 Å². The molecule has 25 heavy (non-hydrogen) atoms. The minimum atomic E-state index is -0.630. The molecule has 0 radical (unpaired) electrons. The zero-order valence-electron chi connectivity index (χ0n) is 14.8. The maximum atomic E-state index is 12.9. The number of carbonyl (C=O) groups is 1. The summed E-state index contributed by atoms with van der Waals surface area (Å²) in [5.41, 5.74) is 0.275. The number of piperidine rings is 1.